The monoisotopic (exact) mass is 452 g/mol. The second-order valence-corrected chi connectivity index (χ2v) is 6.90. The van der Waals surface area contributed by atoms with E-state index in [4.69, 9.17) is 21.5 Å². The topological polar surface area (TPSA) is 78.4 Å². The van der Waals surface area contributed by atoms with Gasteiger partial charge in [0, 0.05) is 35.6 Å². The molecule has 0 atom stereocenters. The standard InChI is InChI=1S/C20H18ClF3N4.CH2O2/c1-28(12-14-6-3-2-4-7-14)13-15-11-25-19(27-18(15)20(22,23)24)26-17-9-5-8-16(21)10-17;2-1-3/h2-11H,12-13H2,1H3,(H,25,26,27);1H,(H,2,3). The Morgan fingerprint density at radius 1 is 1.13 bits per heavy atom. The van der Waals surface area contributed by atoms with Crippen LogP contribution in [0.25, 0.3) is 0 Å². The number of carboxylic acid groups (broad SMARTS) is 1. The Kier molecular flexibility index (Phi) is 8.77. The third-order valence-corrected chi connectivity index (χ3v) is 4.18. The summed E-state index contributed by atoms with van der Waals surface area (Å²) in [6, 6.07) is 16.1. The number of anilines is 2. The zero-order chi connectivity index (χ0) is 22.9. The third kappa shape index (κ3) is 7.88. The van der Waals surface area contributed by atoms with Gasteiger partial charge in [-0.1, -0.05) is 48.0 Å². The van der Waals surface area contributed by atoms with Gasteiger partial charge in [-0.25, -0.2) is 9.97 Å². The molecule has 0 aliphatic rings. The molecule has 0 radical (unpaired) electrons. The molecule has 6 nitrogen and oxygen atoms in total. The average Bonchev–Trinajstić information content (AvgIpc) is 2.70. The van der Waals surface area contributed by atoms with E-state index in [-0.39, 0.29) is 24.5 Å². The van der Waals surface area contributed by atoms with Gasteiger partial charge in [0.05, 0.1) is 0 Å². The van der Waals surface area contributed by atoms with Crippen LogP contribution in [0.2, 0.25) is 5.02 Å². The smallest absolute Gasteiger partial charge is 0.433 e. The van der Waals surface area contributed by atoms with Crippen LogP contribution in [-0.4, -0.2) is 33.5 Å². The van der Waals surface area contributed by atoms with Gasteiger partial charge < -0.3 is 10.4 Å². The van der Waals surface area contributed by atoms with Crippen LogP contribution in [0.4, 0.5) is 24.8 Å². The van der Waals surface area contributed by atoms with Crippen LogP contribution < -0.4 is 5.32 Å². The molecule has 0 bridgehead atoms. The lowest BCUT2D eigenvalue weighted by molar-refractivity contribution is -0.142. The molecule has 0 unspecified atom stereocenters. The van der Waals surface area contributed by atoms with E-state index >= 15 is 0 Å². The fourth-order valence-corrected chi connectivity index (χ4v) is 2.96. The minimum atomic E-state index is -4.59. The summed E-state index contributed by atoms with van der Waals surface area (Å²) in [4.78, 5) is 17.9. The first-order chi connectivity index (χ1) is 14.7. The number of hydrogen-bond acceptors (Lipinski definition) is 5. The van der Waals surface area contributed by atoms with Gasteiger partial charge in [-0.15, -0.1) is 0 Å². The van der Waals surface area contributed by atoms with E-state index in [1.54, 1.807) is 36.2 Å². The molecular formula is C21H20ClF3N4O2. The number of hydrogen-bond donors (Lipinski definition) is 2. The van der Waals surface area contributed by atoms with Gasteiger partial charge in [-0.05, 0) is 30.8 Å². The predicted octanol–water partition coefficient (Wildman–Crippen LogP) is 5.23. The first kappa shape index (κ1) is 24.1. The van der Waals surface area contributed by atoms with Gasteiger partial charge in [0.2, 0.25) is 5.95 Å². The highest BCUT2D eigenvalue weighted by atomic mass is 35.5. The maximum Gasteiger partial charge on any atom is 0.433 e. The minimum Gasteiger partial charge on any atom is -0.483 e. The summed E-state index contributed by atoms with van der Waals surface area (Å²) >= 11 is 5.90. The zero-order valence-corrected chi connectivity index (χ0v) is 17.2. The zero-order valence-electron chi connectivity index (χ0n) is 16.5. The Bertz CT molecular complexity index is 988. The van der Waals surface area contributed by atoms with Crippen molar-refractivity contribution >= 4 is 29.7 Å². The molecule has 31 heavy (non-hydrogen) atoms. The van der Waals surface area contributed by atoms with Crippen molar-refractivity contribution in [2.24, 2.45) is 0 Å². The normalized spacial score (nSPS) is 10.9. The summed E-state index contributed by atoms with van der Waals surface area (Å²) < 4.78 is 40.7. The molecule has 164 valence electrons. The van der Waals surface area contributed by atoms with E-state index in [1.165, 1.54) is 6.20 Å². The highest BCUT2D eigenvalue weighted by Crippen LogP contribution is 2.32. The van der Waals surface area contributed by atoms with Crippen molar-refractivity contribution in [3.63, 3.8) is 0 Å². The highest BCUT2D eigenvalue weighted by molar-refractivity contribution is 6.30. The molecular weight excluding hydrogens is 433 g/mol. The lowest BCUT2D eigenvalue weighted by atomic mass is 10.2. The molecule has 1 heterocycles. The molecule has 3 rings (SSSR count). The van der Waals surface area contributed by atoms with Crippen molar-refractivity contribution < 1.29 is 23.1 Å². The Morgan fingerprint density at radius 2 is 1.81 bits per heavy atom. The summed E-state index contributed by atoms with van der Waals surface area (Å²) in [6.45, 7) is 0.335. The van der Waals surface area contributed by atoms with E-state index in [0.717, 1.165) is 5.56 Å². The number of aromatic nitrogens is 2. The van der Waals surface area contributed by atoms with Crippen LogP contribution in [0.15, 0.2) is 60.8 Å². The number of nitrogens with one attached hydrogen (secondary N) is 1. The Hall–Kier alpha value is -3.17. The number of carbonyl (C=O) groups is 1. The lowest BCUT2D eigenvalue weighted by Gasteiger charge is -2.19. The molecule has 0 saturated carbocycles. The molecule has 1 aromatic heterocycles. The summed E-state index contributed by atoms with van der Waals surface area (Å²) in [5.74, 6) is -0.135. The van der Waals surface area contributed by atoms with Crippen molar-refractivity contribution in [2.45, 2.75) is 19.3 Å². The molecule has 2 aromatic carbocycles. The number of nitrogens with zero attached hydrogens (tertiary/aromatic N) is 3. The van der Waals surface area contributed by atoms with Gasteiger partial charge in [0.1, 0.15) is 0 Å². The molecule has 2 N–H and O–H groups in total. The van der Waals surface area contributed by atoms with Crippen molar-refractivity contribution in [2.75, 3.05) is 12.4 Å². The van der Waals surface area contributed by atoms with Gasteiger partial charge in [-0.3, -0.25) is 9.69 Å². The highest BCUT2D eigenvalue weighted by Gasteiger charge is 2.36. The van der Waals surface area contributed by atoms with Gasteiger partial charge in [-0.2, -0.15) is 13.2 Å². The van der Waals surface area contributed by atoms with E-state index in [2.05, 4.69) is 15.3 Å². The minimum absolute atomic E-state index is 0.0163. The Balaban J connectivity index is 0.00000107. The van der Waals surface area contributed by atoms with Crippen LogP contribution in [0.5, 0.6) is 0 Å². The van der Waals surface area contributed by atoms with Crippen LogP contribution in [0.1, 0.15) is 16.8 Å². The SMILES string of the molecule is CN(Cc1ccccc1)Cc1cnc(Nc2cccc(Cl)c2)nc1C(F)(F)F.O=CO. The molecule has 0 saturated heterocycles. The maximum atomic E-state index is 13.6. The summed E-state index contributed by atoms with van der Waals surface area (Å²) in [5, 5.41) is 10.1. The van der Waals surface area contributed by atoms with Crippen molar-refractivity contribution in [3.8, 4) is 0 Å². The van der Waals surface area contributed by atoms with E-state index in [1.807, 2.05) is 30.3 Å². The third-order valence-electron chi connectivity index (χ3n) is 3.95. The lowest BCUT2D eigenvalue weighted by Crippen LogP contribution is -2.22. The number of halogens is 4. The van der Waals surface area contributed by atoms with E-state index < -0.39 is 11.9 Å². The van der Waals surface area contributed by atoms with Gasteiger partial charge >= 0.3 is 6.18 Å². The molecule has 0 fully saturated rings. The molecule has 0 aliphatic carbocycles. The van der Waals surface area contributed by atoms with Crippen LogP contribution in [0.3, 0.4) is 0 Å². The Morgan fingerprint density at radius 3 is 2.42 bits per heavy atom. The number of alkyl halides is 3. The summed E-state index contributed by atoms with van der Waals surface area (Å²) in [5.41, 5.74) is 0.586. The quantitative estimate of drug-likeness (QED) is 0.499. The molecule has 0 spiro atoms. The number of rotatable bonds is 6. The largest absolute Gasteiger partial charge is 0.483 e. The van der Waals surface area contributed by atoms with Crippen molar-refractivity contribution in [1.29, 1.82) is 0 Å². The van der Waals surface area contributed by atoms with Crippen LogP contribution >= 0.6 is 11.6 Å². The molecule has 0 amide bonds. The summed E-state index contributed by atoms with van der Waals surface area (Å²) in [6.07, 6.45) is -3.37. The maximum absolute atomic E-state index is 13.6. The fourth-order valence-electron chi connectivity index (χ4n) is 2.77. The van der Waals surface area contributed by atoms with E-state index in [0.29, 0.717) is 17.3 Å². The summed E-state index contributed by atoms with van der Waals surface area (Å²) in [7, 11) is 1.76. The first-order valence-electron chi connectivity index (χ1n) is 8.99. The van der Waals surface area contributed by atoms with Crippen LogP contribution in [0, 0.1) is 0 Å². The first-order valence-corrected chi connectivity index (χ1v) is 9.36. The van der Waals surface area contributed by atoms with Crippen molar-refractivity contribution in [1.82, 2.24) is 14.9 Å². The van der Waals surface area contributed by atoms with Gasteiger partial charge in [0.15, 0.2) is 5.69 Å². The van der Waals surface area contributed by atoms with Crippen molar-refractivity contribution in [3.05, 3.63) is 82.6 Å². The van der Waals surface area contributed by atoms with E-state index in [9.17, 15) is 13.2 Å². The average molecular weight is 453 g/mol. The predicted molar refractivity (Wildman–Crippen MR) is 112 cm³/mol. The molecule has 3 aromatic rings. The fraction of sp³-hybridized carbons (Fsp3) is 0.190. The van der Waals surface area contributed by atoms with Crippen LogP contribution in [-0.2, 0) is 24.1 Å². The number of benzene rings is 2. The molecule has 10 heteroatoms. The Labute approximate surface area is 182 Å². The molecule has 0 aliphatic heterocycles. The second kappa shape index (κ2) is 11.3. The second-order valence-electron chi connectivity index (χ2n) is 6.46. The van der Waals surface area contributed by atoms with Gasteiger partial charge in [0.25, 0.3) is 6.47 Å².